The monoisotopic (exact) mass is 269 g/mol. The Morgan fingerprint density at radius 3 is 2.32 bits per heavy atom. The maximum absolute atomic E-state index is 12.5. The average Bonchev–Trinajstić information content (AvgIpc) is 2.30. The molecule has 1 rings (SSSR count). The minimum absolute atomic E-state index is 0.288. The van der Waals surface area contributed by atoms with Crippen LogP contribution < -0.4 is 5.32 Å². The van der Waals surface area contributed by atoms with Gasteiger partial charge in [-0.05, 0) is 18.8 Å². The van der Waals surface area contributed by atoms with E-state index in [-0.39, 0.29) is 5.91 Å². The lowest BCUT2D eigenvalue weighted by atomic mass is 10.1. The molecule has 19 heavy (non-hydrogen) atoms. The first-order valence-corrected chi connectivity index (χ1v) is 7.62. The Labute approximate surface area is 118 Å². The molecule has 4 nitrogen and oxygen atoms in total. The number of amides is 1. The van der Waals surface area contributed by atoms with Crippen molar-refractivity contribution in [2.75, 3.05) is 39.3 Å². The van der Waals surface area contributed by atoms with Crippen LogP contribution in [0.25, 0.3) is 0 Å². The molecule has 1 unspecified atom stereocenters. The van der Waals surface area contributed by atoms with E-state index < -0.39 is 0 Å². The van der Waals surface area contributed by atoms with E-state index in [1.807, 2.05) is 4.90 Å². The van der Waals surface area contributed by atoms with Crippen LogP contribution in [0.4, 0.5) is 0 Å². The van der Waals surface area contributed by atoms with Gasteiger partial charge in [-0.1, -0.05) is 27.7 Å². The van der Waals surface area contributed by atoms with Gasteiger partial charge in [-0.15, -0.1) is 0 Å². The van der Waals surface area contributed by atoms with Gasteiger partial charge in [0.2, 0.25) is 5.91 Å². The van der Waals surface area contributed by atoms with Gasteiger partial charge in [0.1, 0.15) is 0 Å². The third-order valence-corrected chi connectivity index (χ3v) is 3.50. The Bertz CT molecular complexity index is 269. The van der Waals surface area contributed by atoms with Gasteiger partial charge in [-0.2, -0.15) is 0 Å². The largest absolute Gasteiger partial charge is 0.341 e. The second kappa shape index (κ2) is 7.85. The molecule has 1 amide bonds. The lowest BCUT2D eigenvalue weighted by molar-refractivity contribution is -0.134. The van der Waals surface area contributed by atoms with Crippen LogP contribution in [0.3, 0.4) is 0 Å². The zero-order valence-corrected chi connectivity index (χ0v) is 13.3. The van der Waals surface area contributed by atoms with Crippen molar-refractivity contribution in [3.05, 3.63) is 0 Å². The second-order valence-electron chi connectivity index (χ2n) is 6.61. The van der Waals surface area contributed by atoms with E-state index in [2.05, 4.69) is 44.8 Å². The quantitative estimate of drug-likeness (QED) is 0.792. The molecular weight excluding hydrogens is 238 g/mol. The predicted molar refractivity (Wildman–Crippen MR) is 80.2 cm³/mol. The Kier molecular flexibility index (Phi) is 6.80. The normalized spacial score (nSPS) is 21.1. The summed E-state index contributed by atoms with van der Waals surface area (Å²) in [7, 11) is 0. The average molecular weight is 269 g/mol. The minimum atomic E-state index is 0.288. The van der Waals surface area contributed by atoms with Crippen molar-refractivity contribution >= 4 is 5.91 Å². The van der Waals surface area contributed by atoms with E-state index in [0.717, 1.165) is 32.7 Å². The maximum atomic E-state index is 12.5. The summed E-state index contributed by atoms with van der Waals surface area (Å²) < 4.78 is 0. The number of rotatable bonds is 6. The van der Waals surface area contributed by atoms with Gasteiger partial charge < -0.3 is 10.2 Å². The molecule has 4 heteroatoms. The molecule has 1 fully saturated rings. The molecule has 1 saturated heterocycles. The smallest absolute Gasteiger partial charge is 0.236 e. The first kappa shape index (κ1) is 16.4. The highest BCUT2D eigenvalue weighted by Crippen LogP contribution is 2.08. The molecule has 1 N–H and O–H groups in total. The summed E-state index contributed by atoms with van der Waals surface area (Å²) in [5.74, 6) is 1.35. The van der Waals surface area contributed by atoms with Gasteiger partial charge in [0.15, 0.2) is 0 Å². The summed E-state index contributed by atoms with van der Waals surface area (Å²) in [6.45, 7) is 16.2. The van der Waals surface area contributed by atoms with Crippen LogP contribution in [0.2, 0.25) is 0 Å². The highest BCUT2D eigenvalue weighted by molar-refractivity contribution is 5.78. The van der Waals surface area contributed by atoms with Gasteiger partial charge in [-0.3, -0.25) is 9.69 Å². The lowest BCUT2D eigenvalue weighted by Gasteiger charge is -2.35. The fourth-order valence-corrected chi connectivity index (χ4v) is 2.55. The number of hydrogen-bond donors (Lipinski definition) is 1. The highest BCUT2D eigenvalue weighted by atomic mass is 16.2. The zero-order valence-electron chi connectivity index (χ0n) is 13.3. The molecule has 0 aromatic carbocycles. The van der Waals surface area contributed by atoms with E-state index >= 15 is 0 Å². The Morgan fingerprint density at radius 2 is 1.84 bits per heavy atom. The van der Waals surface area contributed by atoms with Crippen molar-refractivity contribution in [2.24, 2.45) is 11.8 Å². The van der Waals surface area contributed by atoms with Crippen LogP contribution in [0.15, 0.2) is 0 Å². The van der Waals surface area contributed by atoms with Crippen LogP contribution in [-0.4, -0.2) is 61.0 Å². The Balaban J connectivity index is 2.54. The molecule has 0 aromatic heterocycles. The van der Waals surface area contributed by atoms with Crippen molar-refractivity contribution in [2.45, 2.75) is 40.7 Å². The summed E-state index contributed by atoms with van der Waals surface area (Å²) >= 11 is 0. The standard InChI is InChI=1S/C15H31N3O/c1-12(2)9-18(10-13(3)4)15(19)11-17-7-6-16-8-14(17)5/h12-14,16H,6-11H2,1-5H3. The molecule has 0 spiro atoms. The predicted octanol–water partition coefficient (Wildman–Crippen LogP) is 1.42. The molecule has 0 aromatic rings. The number of nitrogens with one attached hydrogen (secondary N) is 1. The SMILES string of the molecule is CC(C)CN(CC(C)C)C(=O)CN1CCNCC1C. The van der Waals surface area contributed by atoms with Gasteiger partial charge in [0.05, 0.1) is 6.54 Å². The molecule has 0 saturated carbocycles. The van der Waals surface area contributed by atoms with Gasteiger partial charge in [0, 0.05) is 38.8 Å². The van der Waals surface area contributed by atoms with Gasteiger partial charge >= 0.3 is 0 Å². The van der Waals surface area contributed by atoms with Crippen molar-refractivity contribution < 1.29 is 4.79 Å². The van der Waals surface area contributed by atoms with Gasteiger partial charge in [0.25, 0.3) is 0 Å². The van der Waals surface area contributed by atoms with Crippen LogP contribution in [-0.2, 0) is 4.79 Å². The molecule has 1 aliphatic rings. The molecule has 0 bridgehead atoms. The zero-order chi connectivity index (χ0) is 14.4. The second-order valence-corrected chi connectivity index (χ2v) is 6.61. The van der Waals surface area contributed by atoms with Crippen molar-refractivity contribution in [1.29, 1.82) is 0 Å². The van der Waals surface area contributed by atoms with E-state index in [1.165, 1.54) is 0 Å². The molecule has 0 aliphatic carbocycles. The fraction of sp³-hybridized carbons (Fsp3) is 0.933. The summed E-state index contributed by atoms with van der Waals surface area (Å²) in [5, 5.41) is 3.36. The van der Waals surface area contributed by atoms with Crippen molar-refractivity contribution in [3.8, 4) is 0 Å². The molecule has 1 aliphatic heterocycles. The van der Waals surface area contributed by atoms with E-state index in [0.29, 0.717) is 24.4 Å². The third kappa shape index (κ3) is 5.91. The Morgan fingerprint density at radius 1 is 1.26 bits per heavy atom. The van der Waals surface area contributed by atoms with Crippen LogP contribution in [0.1, 0.15) is 34.6 Å². The summed E-state index contributed by atoms with van der Waals surface area (Å²) in [5.41, 5.74) is 0. The van der Waals surface area contributed by atoms with E-state index in [1.54, 1.807) is 0 Å². The fourth-order valence-electron chi connectivity index (χ4n) is 2.55. The maximum Gasteiger partial charge on any atom is 0.236 e. The molecule has 0 radical (unpaired) electrons. The van der Waals surface area contributed by atoms with Crippen LogP contribution in [0.5, 0.6) is 0 Å². The first-order chi connectivity index (χ1) is 8.90. The summed E-state index contributed by atoms with van der Waals surface area (Å²) in [6.07, 6.45) is 0. The summed E-state index contributed by atoms with van der Waals surface area (Å²) in [6, 6.07) is 0.456. The topological polar surface area (TPSA) is 35.6 Å². The van der Waals surface area contributed by atoms with E-state index in [9.17, 15) is 4.79 Å². The summed E-state index contributed by atoms with van der Waals surface area (Å²) in [4.78, 5) is 16.8. The molecule has 1 heterocycles. The number of carbonyl (C=O) groups is 1. The number of hydrogen-bond acceptors (Lipinski definition) is 3. The first-order valence-electron chi connectivity index (χ1n) is 7.62. The van der Waals surface area contributed by atoms with E-state index in [4.69, 9.17) is 0 Å². The van der Waals surface area contributed by atoms with Crippen molar-refractivity contribution in [3.63, 3.8) is 0 Å². The molecule has 112 valence electrons. The van der Waals surface area contributed by atoms with Crippen molar-refractivity contribution in [1.82, 2.24) is 15.1 Å². The molecular formula is C15H31N3O. The number of nitrogens with zero attached hydrogens (tertiary/aromatic N) is 2. The van der Waals surface area contributed by atoms with Crippen LogP contribution in [0, 0.1) is 11.8 Å². The Hall–Kier alpha value is -0.610. The van der Waals surface area contributed by atoms with Gasteiger partial charge in [-0.25, -0.2) is 0 Å². The number of piperazine rings is 1. The minimum Gasteiger partial charge on any atom is -0.341 e. The molecule has 1 atom stereocenters. The highest BCUT2D eigenvalue weighted by Gasteiger charge is 2.23. The number of carbonyl (C=O) groups excluding carboxylic acids is 1. The third-order valence-electron chi connectivity index (χ3n) is 3.50. The lowest BCUT2D eigenvalue weighted by Crippen LogP contribution is -2.53. The van der Waals surface area contributed by atoms with Crippen LogP contribution >= 0.6 is 0 Å².